The summed E-state index contributed by atoms with van der Waals surface area (Å²) in [5, 5.41) is 2.61. The fourth-order valence-corrected chi connectivity index (χ4v) is 5.72. The third kappa shape index (κ3) is 6.80. The second-order valence-electron chi connectivity index (χ2n) is 9.60. The molecule has 36 heavy (non-hydrogen) atoms. The van der Waals surface area contributed by atoms with Gasteiger partial charge in [0.2, 0.25) is 0 Å². The summed E-state index contributed by atoms with van der Waals surface area (Å²) in [5.41, 5.74) is 1.32. The molecule has 0 radical (unpaired) electrons. The van der Waals surface area contributed by atoms with Crippen molar-refractivity contribution in [2.75, 3.05) is 19.9 Å². The lowest BCUT2D eigenvalue weighted by Crippen LogP contribution is -2.34. The summed E-state index contributed by atoms with van der Waals surface area (Å²) in [6, 6.07) is 4.90. The Morgan fingerprint density at radius 2 is 1.92 bits per heavy atom. The third-order valence-corrected chi connectivity index (χ3v) is 8.57. The largest absolute Gasteiger partial charge is 0.495 e. The normalized spacial score (nSPS) is 19.6. The first-order valence-electron chi connectivity index (χ1n) is 12.1. The van der Waals surface area contributed by atoms with Crippen LogP contribution in [0.5, 0.6) is 5.75 Å². The van der Waals surface area contributed by atoms with E-state index in [2.05, 4.69) is 10.3 Å². The Morgan fingerprint density at radius 3 is 2.47 bits per heavy atom. The van der Waals surface area contributed by atoms with Gasteiger partial charge in [0.25, 0.3) is 5.91 Å². The van der Waals surface area contributed by atoms with E-state index >= 15 is 0 Å². The lowest BCUT2D eigenvalue weighted by atomic mass is 9.89. The zero-order valence-electron chi connectivity index (χ0n) is 21.1. The number of sulfone groups is 1. The molecule has 200 valence electrons. The number of hydrogen-bond acceptors (Lipinski definition) is 5. The van der Waals surface area contributed by atoms with Crippen molar-refractivity contribution in [3.8, 4) is 11.4 Å². The van der Waals surface area contributed by atoms with E-state index in [1.807, 2.05) is 6.92 Å². The molecule has 1 amide bonds. The average molecular weight is 530 g/mol. The van der Waals surface area contributed by atoms with E-state index in [-0.39, 0.29) is 29.2 Å². The van der Waals surface area contributed by atoms with Gasteiger partial charge < -0.3 is 10.1 Å². The number of aromatic nitrogens is 2. The number of rotatable bonds is 9. The highest BCUT2D eigenvalue weighted by molar-refractivity contribution is 7.91. The number of nitrogens with one attached hydrogen (secondary N) is 1. The van der Waals surface area contributed by atoms with Crippen LogP contribution in [0.15, 0.2) is 24.4 Å². The molecule has 0 bridgehead atoms. The highest BCUT2D eigenvalue weighted by Gasteiger charge is 2.36. The Hall–Kier alpha value is -2.56. The predicted octanol–water partition coefficient (Wildman–Crippen LogP) is 4.52. The quantitative estimate of drug-likeness (QED) is 0.516. The van der Waals surface area contributed by atoms with Crippen LogP contribution in [0.3, 0.4) is 0 Å². The number of hydrogen-bond donors (Lipinski definition) is 1. The van der Waals surface area contributed by atoms with Crippen LogP contribution in [0.2, 0.25) is 0 Å². The number of benzene rings is 1. The molecule has 0 aliphatic heterocycles. The minimum absolute atomic E-state index is 0.162. The molecule has 1 atom stereocenters. The molecule has 0 saturated heterocycles. The van der Waals surface area contributed by atoms with E-state index in [1.165, 1.54) is 13.4 Å². The Kier molecular flexibility index (Phi) is 8.74. The van der Waals surface area contributed by atoms with Crippen LogP contribution in [0.1, 0.15) is 61.4 Å². The van der Waals surface area contributed by atoms with Crippen molar-refractivity contribution < 1.29 is 31.1 Å². The summed E-state index contributed by atoms with van der Waals surface area (Å²) >= 11 is 0. The SMILES string of the molecule is CCc1nc(C(=O)NC[C@H]2CC[C@@H](S(C)(=O)=O)CC2)cn1-c1ccc(C[C@@H](C)C(F)(F)F)cc1OC. The van der Waals surface area contributed by atoms with Crippen LogP contribution in [-0.2, 0) is 22.7 Å². The molecular weight excluding hydrogens is 495 g/mol. The Bertz CT molecular complexity index is 1170. The number of methoxy groups -OCH3 is 1. The number of halogens is 3. The standard InChI is InChI=1S/C25H34F3N3O4S/c1-5-23-30-20(24(32)29-14-17-6-9-19(10-7-17)36(4,33)34)15-31(23)21-11-8-18(13-22(21)35-3)12-16(2)25(26,27)28/h8,11,13,15-17,19H,5-7,9-10,12,14H2,1-4H3,(H,29,32)/t16-,17-,19+/m1/s1. The van der Waals surface area contributed by atoms with Crippen molar-refractivity contribution in [2.45, 2.75) is 63.8 Å². The number of carbonyl (C=O) groups excluding carboxylic acids is 1. The molecule has 1 aromatic carbocycles. The fourth-order valence-electron chi connectivity index (χ4n) is 4.59. The molecule has 1 aromatic heterocycles. The first-order chi connectivity index (χ1) is 16.8. The molecule has 3 rings (SSSR count). The molecule has 0 unspecified atom stereocenters. The lowest BCUT2D eigenvalue weighted by molar-refractivity contribution is -0.169. The molecule has 1 N–H and O–H groups in total. The number of ether oxygens (including phenoxy) is 1. The van der Waals surface area contributed by atoms with Crippen molar-refractivity contribution in [1.82, 2.24) is 14.9 Å². The minimum Gasteiger partial charge on any atom is -0.495 e. The van der Waals surface area contributed by atoms with Gasteiger partial charge in [-0.1, -0.05) is 19.9 Å². The summed E-state index contributed by atoms with van der Waals surface area (Å²) in [4.78, 5) is 17.3. The number of imidazole rings is 1. The average Bonchev–Trinajstić information content (AvgIpc) is 3.26. The zero-order valence-corrected chi connectivity index (χ0v) is 21.9. The van der Waals surface area contributed by atoms with Crippen LogP contribution in [0.25, 0.3) is 5.69 Å². The number of aryl methyl sites for hydroxylation is 1. The first kappa shape index (κ1) is 28.0. The van der Waals surface area contributed by atoms with Gasteiger partial charge >= 0.3 is 6.18 Å². The van der Waals surface area contributed by atoms with Crippen LogP contribution < -0.4 is 10.1 Å². The molecule has 1 aliphatic rings. The maximum atomic E-state index is 13.0. The van der Waals surface area contributed by atoms with Crippen molar-refractivity contribution in [3.05, 3.63) is 41.5 Å². The van der Waals surface area contributed by atoms with Gasteiger partial charge in [-0.3, -0.25) is 9.36 Å². The Balaban J connectivity index is 1.71. The fraction of sp³-hybridized carbons (Fsp3) is 0.600. The van der Waals surface area contributed by atoms with Gasteiger partial charge in [-0.2, -0.15) is 13.2 Å². The van der Waals surface area contributed by atoms with Crippen molar-refractivity contribution >= 4 is 15.7 Å². The maximum absolute atomic E-state index is 13.0. The van der Waals surface area contributed by atoms with E-state index in [0.717, 1.165) is 19.8 Å². The Labute approximate surface area is 210 Å². The molecule has 1 fully saturated rings. The molecule has 1 saturated carbocycles. The number of carbonyl (C=O) groups is 1. The summed E-state index contributed by atoms with van der Waals surface area (Å²) in [7, 11) is -1.59. The van der Waals surface area contributed by atoms with E-state index in [0.29, 0.717) is 48.6 Å². The summed E-state index contributed by atoms with van der Waals surface area (Å²) in [6.45, 7) is 3.49. The predicted molar refractivity (Wildman–Crippen MR) is 131 cm³/mol. The molecule has 1 aliphatic carbocycles. The highest BCUT2D eigenvalue weighted by atomic mass is 32.2. The number of amides is 1. The number of alkyl halides is 3. The van der Waals surface area contributed by atoms with Crippen LogP contribution >= 0.6 is 0 Å². The third-order valence-electron chi connectivity index (χ3n) is 6.88. The molecule has 11 heteroatoms. The van der Waals surface area contributed by atoms with Crippen LogP contribution in [-0.4, -0.2) is 55.2 Å². The van der Waals surface area contributed by atoms with Gasteiger partial charge in [0.05, 0.1) is 24.0 Å². The summed E-state index contributed by atoms with van der Waals surface area (Å²) in [6.07, 6.45) is 1.64. The van der Waals surface area contributed by atoms with E-state index < -0.39 is 21.9 Å². The second kappa shape index (κ2) is 11.2. The smallest absolute Gasteiger partial charge is 0.391 e. The first-order valence-corrected chi connectivity index (χ1v) is 14.1. The molecule has 2 aromatic rings. The molecule has 7 nitrogen and oxygen atoms in total. The van der Waals surface area contributed by atoms with Crippen molar-refractivity contribution in [1.29, 1.82) is 0 Å². The second-order valence-corrected chi connectivity index (χ2v) is 11.9. The highest BCUT2D eigenvalue weighted by Crippen LogP contribution is 2.32. The van der Waals surface area contributed by atoms with E-state index in [9.17, 15) is 26.4 Å². The van der Waals surface area contributed by atoms with E-state index in [4.69, 9.17) is 4.74 Å². The minimum atomic E-state index is -4.28. The van der Waals surface area contributed by atoms with Crippen molar-refractivity contribution in [3.63, 3.8) is 0 Å². The van der Waals surface area contributed by atoms with Gasteiger partial charge in [0, 0.05) is 25.4 Å². The summed E-state index contributed by atoms with van der Waals surface area (Å²) in [5.74, 6) is -0.592. The van der Waals surface area contributed by atoms with Gasteiger partial charge in [-0.15, -0.1) is 0 Å². The van der Waals surface area contributed by atoms with Gasteiger partial charge in [-0.05, 0) is 55.7 Å². The monoisotopic (exact) mass is 529 g/mol. The molecule has 0 spiro atoms. The number of nitrogens with zero attached hydrogens (tertiary/aromatic N) is 2. The molecular formula is C25H34F3N3O4S. The summed E-state index contributed by atoms with van der Waals surface area (Å²) < 4.78 is 69.6. The topological polar surface area (TPSA) is 90.3 Å². The lowest BCUT2D eigenvalue weighted by Gasteiger charge is -2.27. The van der Waals surface area contributed by atoms with Crippen LogP contribution in [0.4, 0.5) is 13.2 Å². The van der Waals surface area contributed by atoms with E-state index in [1.54, 1.807) is 29.0 Å². The van der Waals surface area contributed by atoms with Gasteiger partial charge in [0.15, 0.2) is 0 Å². The molecule has 1 heterocycles. The Morgan fingerprint density at radius 1 is 1.25 bits per heavy atom. The maximum Gasteiger partial charge on any atom is 0.391 e. The van der Waals surface area contributed by atoms with Crippen LogP contribution in [0, 0.1) is 11.8 Å². The van der Waals surface area contributed by atoms with Gasteiger partial charge in [0.1, 0.15) is 27.1 Å². The zero-order chi connectivity index (χ0) is 26.7. The van der Waals surface area contributed by atoms with Crippen molar-refractivity contribution in [2.24, 2.45) is 11.8 Å². The van der Waals surface area contributed by atoms with Gasteiger partial charge in [-0.25, -0.2) is 13.4 Å².